The Bertz CT molecular complexity index is 476. The maximum atomic E-state index is 10.1. The van der Waals surface area contributed by atoms with Crippen LogP contribution in [-0.4, -0.2) is 28.8 Å². The molecule has 5 heteroatoms. The van der Waals surface area contributed by atoms with Crippen LogP contribution in [0.4, 0.5) is 5.69 Å². The van der Waals surface area contributed by atoms with E-state index in [0.717, 1.165) is 35.1 Å². The van der Waals surface area contributed by atoms with E-state index in [1.807, 2.05) is 25.1 Å². The van der Waals surface area contributed by atoms with Gasteiger partial charge >= 0.3 is 0 Å². The van der Waals surface area contributed by atoms with Gasteiger partial charge in [0.05, 0.1) is 11.3 Å². The normalized spacial score (nSPS) is 24.1. The fourth-order valence-corrected chi connectivity index (χ4v) is 3.10. The number of nitrogens with two attached hydrogens (primary N) is 1. The maximum Gasteiger partial charge on any atom is 0.104 e. The highest BCUT2D eigenvalue weighted by Crippen LogP contribution is 2.32. The first-order valence-electron chi connectivity index (χ1n) is 5.96. The summed E-state index contributed by atoms with van der Waals surface area (Å²) in [4.78, 5) is 2.59. The Labute approximate surface area is 121 Å². The van der Waals surface area contributed by atoms with Crippen molar-refractivity contribution < 1.29 is 5.11 Å². The lowest BCUT2D eigenvalue weighted by Crippen LogP contribution is -2.46. The van der Waals surface area contributed by atoms with Gasteiger partial charge in [0.1, 0.15) is 4.99 Å². The van der Waals surface area contributed by atoms with Crippen LogP contribution in [0.1, 0.15) is 25.3 Å². The summed E-state index contributed by atoms with van der Waals surface area (Å²) in [5.74, 6) is 0. The van der Waals surface area contributed by atoms with Crippen LogP contribution in [0.2, 0.25) is 0 Å². The van der Waals surface area contributed by atoms with E-state index in [9.17, 15) is 5.11 Å². The number of aliphatic hydroxyl groups is 1. The van der Waals surface area contributed by atoms with E-state index in [1.165, 1.54) is 0 Å². The average Bonchev–Trinajstić information content (AvgIpc) is 2.27. The second-order valence-electron chi connectivity index (χ2n) is 5.05. The Hall–Kier alpha value is -0.650. The van der Waals surface area contributed by atoms with Gasteiger partial charge in [0.15, 0.2) is 0 Å². The molecule has 0 amide bonds. The minimum Gasteiger partial charge on any atom is -0.389 e. The van der Waals surface area contributed by atoms with Crippen molar-refractivity contribution in [3.8, 4) is 0 Å². The Balaban J connectivity index is 2.26. The smallest absolute Gasteiger partial charge is 0.104 e. The van der Waals surface area contributed by atoms with E-state index < -0.39 is 5.60 Å². The predicted octanol–water partition coefficient (Wildman–Crippen LogP) is 2.43. The summed E-state index contributed by atoms with van der Waals surface area (Å²) in [5.41, 5.74) is 6.93. The molecule has 1 heterocycles. The lowest BCUT2D eigenvalue weighted by atomic mass is 9.94. The second kappa shape index (κ2) is 5.15. The number of rotatable bonds is 2. The van der Waals surface area contributed by atoms with Crippen molar-refractivity contribution in [2.24, 2.45) is 5.73 Å². The van der Waals surface area contributed by atoms with Crippen LogP contribution in [0, 0.1) is 0 Å². The predicted molar refractivity (Wildman–Crippen MR) is 82.1 cm³/mol. The highest BCUT2D eigenvalue weighted by molar-refractivity contribution is 9.10. The molecule has 98 valence electrons. The number of hydrogen-bond acceptors (Lipinski definition) is 3. The first-order valence-corrected chi connectivity index (χ1v) is 7.16. The molecule has 18 heavy (non-hydrogen) atoms. The molecule has 1 atom stereocenters. The topological polar surface area (TPSA) is 49.5 Å². The van der Waals surface area contributed by atoms with Crippen molar-refractivity contribution in [1.82, 2.24) is 0 Å². The van der Waals surface area contributed by atoms with Crippen LogP contribution in [0.3, 0.4) is 0 Å². The quantitative estimate of drug-likeness (QED) is 0.819. The average molecular weight is 329 g/mol. The van der Waals surface area contributed by atoms with Gasteiger partial charge in [0, 0.05) is 23.1 Å². The highest BCUT2D eigenvalue weighted by Gasteiger charge is 2.29. The number of β-amino-alcohol motifs (C(OH)–C–C–N with tert-alkyl or cyclic N) is 1. The van der Waals surface area contributed by atoms with Gasteiger partial charge in [-0.3, -0.25) is 0 Å². The third-order valence-corrected chi connectivity index (χ3v) is 4.12. The molecule has 0 aliphatic carbocycles. The van der Waals surface area contributed by atoms with Crippen LogP contribution in [0.15, 0.2) is 22.7 Å². The van der Waals surface area contributed by atoms with Crippen molar-refractivity contribution >= 4 is 38.8 Å². The van der Waals surface area contributed by atoms with Gasteiger partial charge in [0.25, 0.3) is 0 Å². The van der Waals surface area contributed by atoms with E-state index in [2.05, 4.69) is 20.8 Å². The summed E-state index contributed by atoms with van der Waals surface area (Å²) in [7, 11) is 0. The molecular weight excluding hydrogens is 312 g/mol. The van der Waals surface area contributed by atoms with Crippen LogP contribution in [-0.2, 0) is 0 Å². The van der Waals surface area contributed by atoms with Crippen LogP contribution < -0.4 is 10.6 Å². The third-order valence-electron chi connectivity index (χ3n) is 3.25. The zero-order valence-corrected chi connectivity index (χ0v) is 12.7. The van der Waals surface area contributed by atoms with E-state index in [4.69, 9.17) is 18.0 Å². The van der Waals surface area contributed by atoms with E-state index in [0.29, 0.717) is 11.5 Å². The molecule has 0 bridgehead atoms. The molecule has 1 aromatic rings. The number of benzene rings is 1. The van der Waals surface area contributed by atoms with Gasteiger partial charge in [-0.1, -0.05) is 12.2 Å². The molecule has 1 fully saturated rings. The summed E-state index contributed by atoms with van der Waals surface area (Å²) in [6.45, 7) is 3.50. The molecule has 1 saturated heterocycles. The lowest BCUT2D eigenvalue weighted by molar-refractivity contribution is 0.0449. The summed E-state index contributed by atoms with van der Waals surface area (Å²) in [5, 5.41) is 10.1. The van der Waals surface area contributed by atoms with Gasteiger partial charge in [-0.2, -0.15) is 0 Å². The Kier molecular flexibility index (Phi) is 3.94. The monoisotopic (exact) mass is 328 g/mol. The molecule has 1 aliphatic rings. The van der Waals surface area contributed by atoms with Crippen molar-refractivity contribution in [3.05, 3.63) is 28.2 Å². The molecule has 0 spiro atoms. The number of hydrogen-bond donors (Lipinski definition) is 2. The summed E-state index contributed by atoms with van der Waals surface area (Å²) in [6, 6.07) is 5.85. The molecule has 3 N–H and O–H groups in total. The first kappa shape index (κ1) is 13.8. The standard InChI is InChI=1S/C13H17BrN2OS/c1-13(17)5-2-6-16(8-13)11-4-3-9(12(15)18)7-10(11)14/h3-4,7,17H,2,5-6,8H2,1H3,(H2,15,18). The lowest BCUT2D eigenvalue weighted by Gasteiger charge is -2.38. The third kappa shape index (κ3) is 3.02. The highest BCUT2D eigenvalue weighted by atomic mass is 79.9. The van der Waals surface area contributed by atoms with E-state index >= 15 is 0 Å². The van der Waals surface area contributed by atoms with Crippen molar-refractivity contribution in [1.29, 1.82) is 0 Å². The zero-order chi connectivity index (χ0) is 13.3. The Morgan fingerprint density at radius 1 is 1.56 bits per heavy atom. The number of thiocarbonyl (C=S) groups is 1. The Morgan fingerprint density at radius 3 is 2.83 bits per heavy atom. The number of anilines is 1. The summed E-state index contributed by atoms with van der Waals surface area (Å²) in [6.07, 6.45) is 1.85. The van der Waals surface area contributed by atoms with E-state index in [-0.39, 0.29) is 0 Å². The van der Waals surface area contributed by atoms with Gasteiger partial charge in [-0.05, 0) is 53.9 Å². The van der Waals surface area contributed by atoms with Crippen LogP contribution in [0.5, 0.6) is 0 Å². The van der Waals surface area contributed by atoms with Crippen LogP contribution >= 0.6 is 28.1 Å². The largest absolute Gasteiger partial charge is 0.389 e. The number of nitrogens with zero attached hydrogens (tertiary/aromatic N) is 1. The van der Waals surface area contributed by atoms with Gasteiger partial charge in [0.2, 0.25) is 0 Å². The van der Waals surface area contributed by atoms with E-state index in [1.54, 1.807) is 0 Å². The molecule has 2 rings (SSSR count). The molecule has 1 aliphatic heterocycles. The number of halogens is 1. The second-order valence-corrected chi connectivity index (χ2v) is 6.35. The van der Waals surface area contributed by atoms with Gasteiger partial charge < -0.3 is 15.7 Å². The maximum absolute atomic E-state index is 10.1. The zero-order valence-electron chi connectivity index (χ0n) is 10.3. The molecule has 3 nitrogen and oxygen atoms in total. The molecule has 0 aromatic heterocycles. The molecule has 0 radical (unpaired) electrons. The SMILES string of the molecule is CC1(O)CCCN(c2ccc(C(N)=S)cc2Br)C1. The van der Waals surface area contributed by atoms with Crippen molar-refractivity contribution in [3.63, 3.8) is 0 Å². The van der Waals surface area contributed by atoms with Gasteiger partial charge in [-0.15, -0.1) is 0 Å². The minimum absolute atomic E-state index is 0.396. The summed E-state index contributed by atoms with van der Waals surface area (Å²) < 4.78 is 0.963. The minimum atomic E-state index is -0.612. The Morgan fingerprint density at radius 2 is 2.28 bits per heavy atom. The van der Waals surface area contributed by atoms with Crippen molar-refractivity contribution in [2.75, 3.05) is 18.0 Å². The fourth-order valence-electron chi connectivity index (χ4n) is 2.34. The van der Waals surface area contributed by atoms with Crippen LogP contribution in [0.25, 0.3) is 0 Å². The molecule has 0 saturated carbocycles. The van der Waals surface area contributed by atoms with Crippen molar-refractivity contribution in [2.45, 2.75) is 25.4 Å². The molecule has 1 unspecified atom stereocenters. The molecule has 1 aromatic carbocycles. The van der Waals surface area contributed by atoms with Gasteiger partial charge in [-0.25, -0.2) is 0 Å². The number of piperidine rings is 1. The molecular formula is C13H17BrN2OS. The summed E-state index contributed by atoms with van der Waals surface area (Å²) >= 11 is 8.51. The fraction of sp³-hybridized carbons (Fsp3) is 0.462. The first-order chi connectivity index (χ1) is 8.39.